The molecule has 0 bridgehead atoms. The second-order valence-corrected chi connectivity index (χ2v) is 4.01. The molecule has 0 unspecified atom stereocenters. The van der Waals surface area contributed by atoms with Crippen LogP contribution in [0.4, 0.5) is 0 Å². The molecule has 0 fully saturated rings. The van der Waals surface area contributed by atoms with Crippen molar-refractivity contribution in [2.24, 2.45) is 0 Å². The summed E-state index contributed by atoms with van der Waals surface area (Å²) in [6.45, 7) is 2.30. The molecule has 0 aliphatic carbocycles. The molecule has 0 saturated carbocycles. The fraction of sp³-hybridized carbons (Fsp3) is 0.333. The Bertz CT molecular complexity index is 437. The minimum Gasteiger partial charge on any atom is -0.341 e. The van der Waals surface area contributed by atoms with E-state index in [9.17, 15) is 4.79 Å². The van der Waals surface area contributed by atoms with Gasteiger partial charge < -0.3 is 4.90 Å². The van der Waals surface area contributed by atoms with E-state index in [0.29, 0.717) is 23.6 Å². The van der Waals surface area contributed by atoms with Gasteiger partial charge in [-0.3, -0.25) is 4.79 Å². The van der Waals surface area contributed by atoms with Crippen LogP contribution in [-0.4, -0.2) is 24.4 Å². The average Bonchev–Trinajstić information content (AvgIpc) is 2.28. The van der Waals surface area contributed by atoms with Crippen LogP contribution in [0.25, 0.3) is 0 Å². The van der Waals surface area contributed by atoms with Crippen LogP contribution in [0.2, 0.25) is 5.02 Å². The third-order valence-electron chi connectivity index (χ3n) is 2.31. The maximum absolute atomic E-state index is 11.9. The molecule has 0 saturated heterocycles. The SMILES string of the molecule is Cc1cc(C(=O)N(C)CCC#N)ccc1Cl. The second kappa shape index (κ2) is 5.53. The molecule has 3 nitrogen and oxygen atoms in total. The van der Waals surface area contributed by atoms with Gasteiger partial charge in [-0.1, -0.05) is 11.6 Å². The van der Waals surface area contributed by atoms with Gasteiger partial charge in [-0.2, -0.15) is 5.26 Å². The molecular weight excluding hydrogens is 224 g/mol. The van der Waals surface area contributed by atoms with Gasteiger partial charge in [0.2, 0.25) is 0 Å². The van der Waals surface area contributed by atoms with Crippen LogP contribution in [0.3, 0.4) is 0 Å². The molecular formula is C12H13ClN2O. The highest BCUT2D eigenvalue weighted by Crippen LogP contribution is 2.17. The van der Waals surface area contributed by atoms with Crippen molar-refractivity contribution >= 4 is 17.5 Å². The number of nitrogens with zero attached hydrogens (tertiary/aromatic N) is 2. The normalized spacial score (nSPS) is 9.62. The Hall–Kier alpha value is -1.53. The Morgan fingerprint density at radius 1 is 1.56 bits per heavy atom. The van der Waals surface area contributed by atoms with Gasteiger partial charge in [0.25, 0.3) is 5.91 Å². The summed E-state index contributed by atoms with van der Waals surface area (Å²) in [7, 11) is 1.68. The third-order valence-corrected chi connectivity index (χ3v) is 2.73. The van der Waals surface area contributed by atoms with Crippen LogP contribution in [-0.2, 0) is 0 Å². The van der Waals surface area contributed by atoms with E-state index in [4.69, 9.17) is 16.9 Å². The van der Waals surface area contributed by atoms with E-state index in [1.807, 2.05) is 13.0 Å². The average molecular weight is 237 g/mol. The zero-order valence-corrected chi connectivity index (χ0v) is 10.1. The maximum atomic E-state index is 11.9. The number of hydrogen-bond donors (Lipinski definition) is 0. The van der Waals surface area contributed by atoms with Gasteiger partial charge in [-0.05, 0) is 30.7 Å². The summed E-state index contributed by atoms with van der Waals surface area (Å²) >= 11 is 5.88. The minimum atomic E-state index is -0.0879. The maximum Gasteiger partial charge on any atom is 0.253 e. The number of carbonyl (C=O) groups excluding carboxylic acids is 1. The lowest BCUT2D eigenvalue weighted by Gasteiger charge is -2.15. The summed E-state index contributed by atoms with van der Waals surface area (Å²) in [5, 5.41) is 9.09. The van der Waals surface area contributed by atoms with E-state index >= 15 is 0 Å². The first-order valence-corrected chi connectivity index (χ1v) is 5.32. The van der Waals surface area contributed by atoms with Gasteiger partial charge in [-0.25, -0.2) is 0 Å². The zero-order chi connectivity index (χ0) is 12.1. The molecule has 0 radical (unpaired) electrons. The largest absolute Gasteiger partial charge is 0.341 e. The van der Waals surface area contributed by atoms with E-state index in [0.717, 1.165) is 5.56 Å². The Morgan fingerprint density at radius 3 is 2.81 bits per heavy atom. The molecule has 0 N–H and O–H groups in total. The summed E-state index contributed by atoms with van der Waals surface area (Å²) in [5.74, 6) is -0.0879. The van der Waals surface area contributed by atoms with Gasteiger partial charge in [0, 0.05) is 24.2 Å². The van der Waals surface area contributed by atoms with Crippen LogP contribution in [0.15, 0.2) is 18.2 Å². The first-order valence-electron chi connectivity index (χ1n) is 4.95. The molecule has 16 heavy (non-hydrogen) atoms. The molecule has 0 aromatic heterocycles. The Balaban J connectivity index is 2.80. The number of amides is 1. The van der Waals surface area contributed by atoms with Crippen molar-refractivity contribution in [2.45, 2.75) is 13.3 Å². The van der Waals surface area contributed by atoms with Crippen LogP contribution in [0.1, 0.15) is 22.3 Å². The lowest BCUT2D eigenvalue weighted by Crippen LogP contribution is -2.27. The van der Waals surface area contributed by atoms with Crippen LogP contribution in [0.5, 0.6) is 0 Å². The van der Waals surface area contributed by atoms with Gasteiger partial charge in [0.05, 0.1) is 12.5 Å². The number of aryl methyl sites for hydroxylation is 1. The van der Waals surface area contributed by atoms with Crippen LogP contribution >= 0.6 is 11.6 Å². The monoisotopic (exact) mass is 236 g/mol. The minimum absolute atomic E-state index is 0.0879. The lowest BCUT2D eigenvalue weighted by atomic mass is 10.1. The first-order chi connectivity index (χ1) is 7.56. The summed E-state index contributed by atoms with van der Waals surface area (Å²) in [4.78, 5) is 13.4. The predicted octanol–water partition coefficient (Wildman–Crippen LogP) is 2.63. The van der Waals surface area contributed by atoms with Crippen LogP contribution < -0.4 is 0 Å². The molecule has 1 aromatic rings. The molecule has 0 aliphatic rings. The highest BCUT2D eigenvalue weighted by atomic mass is 35.5. The van der Waals surface area contributed by atoms with E-state index in [1.165, 1.54) is 4.90 Å². The highest BCUT2D eigenvalue weighted by molar-refractivity contribution is 6.31. The first kappa shape index (κ1) is 12.5. The van der Waals surface area contributed by atoms with Crippen molar-refractivity contribution in [3.8, 4) is 6.07 Å². The zero-order valence-electron chi connectivity index (χ0n) is 9.33. The fourth-order valence-corrected chi connectivity index (χ4v) is 1.43. The van der Waals surface area contributed by atoms with Crippen molar-refractivity contribution in [2.75, 3.05) is 13.6 Å². The third kappa shape index (κ3) is 2.98. The predicted molar refractivity (Wildman–Crippen MR) is 63.4 cm³/mol. The van der Waals surface area contributed by atoms with E-state index in [2.05, 4.69) is 0 Å². The van der Waals surface area contributed by atoms with Gasteiger partial charge >= 0.3 is 0 Å². The number of benzene rings is 1. The molecule has 0 heterocycles. The van der Waals surface area contributed by atoms with Crippen molar-refractivity contribution in [3.63, 3.8) is 0 Å². The van der Waals surface area contributed by atoms with Crippen molar-refractivity contribution in [1.29, 1.82) is 5.26 Å². The van der Waals surface area contributed by atoms with Crippen molar-refractivity contribution < 1.29 is 4.79 Å². The number of halogens is 1. The number of hydrogen-bond acceptors (Lipinski definition) is 2. The molecule has 1 aromatic carbocycles. The van der Waals surface area contributed by atoms with E-state index in [1.54, 1.807) is 25.2 Å². The molecule has 0 spiro atoms. The number of carbonyl (C=O) groups is 1. The molecule has 1 rings (SSSR count). The van der Waals surface area contributed by atoms with Crippen molar-refractivity contribution in [1.82, 2.24) is 4.90 Å². The topological polar surface area (TPSA) is 44.1 Å². The molecule has 0 aliphatic heterocycles. The quantitative estimate of drug-likeness (QED) is 0.810. The molecule has 0 atom stereocenters. The molecule has 4 heteroatoms. The van der Waals surface area contributed by atoms with E-state index in [-0.39, 0.29) is 5.91 Å². The fourth-order valence-electron chi connectivity index (χ4n) is 1.32. The van der Waals surface area contributed by atoms with Crippen molar-refractivity contribution in [3.05, 3.63) is 34.3 Å². The summed E-state index contributed by atoms with van der Waals surface area (Å²) < 4.78 is 0. The highest BCUT2D eigenvalue weighted by Gasteiger charge is 2.11. The smallest absolute Gasteiger partial charge is 0.253 e. The number of rotatable bonds is 3. The Morgan fingerprint density at radius 2 is 2.25 bits per heavy atom. The Kier molecular flexibility index (Phi) is 4.33. The van der Waals surface area contributed by atoms with Gasteiger partial charge in [-0.15, -0.1) is 0 Å². The Labute approximate surface area is 100 Å². The standard InChI is InChI=1S/C12H13ClN2O/c1-9-8-10(4-5-11(9)13)12(16)15(2)7-3-6-14/h4-5,8H,3,7H2,1-2H3. The van der Waals surface area contributed by atoms with Gasteiger partial charge in [0.1, 0.15) is 0 Å². The second-order valence-electron chi connectivity index (χ2n) is 3.60. The lowest BCUT2D eigenvalue weighted by molar-refractivity contribution is 0.0798. The molecule has 84 valence electrons. The van der Waals surface area contributed by atoms with Gasteiger partial charge in [0.15, 0.2) is 0 Å². The summed E-state index contributed by atoms with van der Waals surface area (Å²) in [5.41, 5.74) is 1.48. The number of nitriles is 1. The summed E-state index contributed by atoms with van der Waals surface area (Å²) in [6.07, 6.45) is 0.342. The van der Waals surface area contributed by atoms with Crippen LogP contribution in [0, 0.1) is 18.3 Å². The van der Waals surface area contributed by atoms with E-state index < -0.39 is 0 Å². The summed E-state index contributed by atoms with van der Waals surface area (Å²) in [6, 6.07) is 7.17. The molecule has 1 amide bonds.